The molecule has 0 aromatic rings. The van der Waals surface area contributed by atoms with Crippen LogP contribution in [0.15, 0.2) is 0 Å². The fourth-order valence-electron chi connectivity index (χ4n) is 2.75. The largest absolute Gasteiger partial charge is 0.376 e. The van der Waals surface area contributed by atoms with E-state index in [9.17, 15) is 4.79 Å². The van der Waals surface area contributed by atoms with E-state index in [0.29, 0.717) is 19.5 Å². The van der Waals surface area contributed by atoms with Gasteiger partial charge in [-0.3, -0.25) is 4.79 Å². The van der Waals surface area contributed by atoms with Gasteiger partial charge in [-0.15, -0.1) is 0 Å². The van der Waals surface area contributed by atoms with Crippen LogP contribution in [-0.4, -0.2) is 55.4 Å². The van der Waals surface area contributed by atoms with Crippen molar-refractivity contribution in [3.8, 4) is 0 Å². The maximum absolute atomic E-state index is 12.3. The van der Waals surface area contributed by atoms with Gasteiger partial charge in [0.1, 0.15) is 0 Å². The monoisotopic (exact) mass is 270 g/mol. The molecule has 0 spiro atoms. The molecule has 1 amide bonds. The zero-order chi connectivity index (χ0) is 13.7. The lowest BCUT2D eigenvalue weighted by Gasteiger charge is -2.28. The summed E-state index contributed by atoms with van der Waals surface area (Å²) in [6, 6.07) is -0.0935. The van der Waals surface area contributed by atoms with Crippen LogP contribution in [0.25, 0.3) is 0 Å². The molecule has 2 heterocycles. The first-order valence-corrected chi connectivity index (χ1v) is 7.41. The standard InChI is InChI=1S/C14H26N2O3/c1-11(15)8-14(17)16(9-12-4-2-6-18-12)10-13-5-3-7-19-13/h11-13H,2-10,15H2,1H3. The molecule has 5 heteroatoms. The third-order valence-corrected chi connectivity index (χ3v) is 3.75. The molecule has 2 aliphatic rings. The molecular formula is C14H26N2O3. The molecule has 5 nitrogen and oxygen atoms in total. The van der Waals surface area contributed by atoms with Crippen LogP contribution in [-0.2, 0) is 14.3 Å². The van der Waals surface area contributed by atoms with Crippen molar-refractivity contribution in [2.75, 3.05) is 26.3 Å². The molecule has 2 fully saturated rings. The molecule has 0 aliphatic carbocycles. The number of hydrogen-bond acceptors (Lipinski definition) is 4. The minimum Gasteiger partial charge on any atom is -0.376 e. The van der Waals surface area contributed by atoms with Gasteiger partial charge in [0.2, 0.25) is 5.91 Å². The Morgan fingerprint density at radius 3 is 2.11 bits per heavy atom. The van der Waals surface area contributed by atoms with Crippen molar-refractivity contribution < 1.29 is 14.3 Å². The van der Waals surface area contributed by atoms with E-state index >= 15 is 0 Å². The molecule has 2 saturated heterocycles. The molecule has 0 bridgehead atoms. The smallest absolute Gasteiger partial charge is 0.224 e. The number of carbonyl (C=O) groups is 1. The zero-order valence-corrected chi connectivity index (χ0v) is 11.8. The SMILES string of the molecule is CC(N)CC(=O)N(CC1CCCO1)CC1CCCO1. The summed E-state index contributed by atoms with van der Waals surface area (Å²) in [4.78, 5) is 14.2. The molecule has 0 aromatic heterocycles. The van der Waals surface area contributed by atoms with Gasteiger partial charge in [0, 0.05) is 38.8 Å². The molecule has 0 saturated carbocycles. The predicted molar refractivity (Wildman–Crippen MR) is 72.8 cm³/mol. The fraction of sp³-hybridized carbons (Fsp3) is 0.929. The van der Waals surface area contributed by atoms with Crippen molar-refractivity contribution in [1.29, 1.82) is 0 Å². The Balaban J connectivity index is 1.88. The number of amides is 1. The summed E-state index contributed by atoms with van der Waals surface area (Å²) in [5, 5.41) is 0. The normalized spacial score (nSPS) is 28.5. The molecule has 19 heavy (non-hydrogen) atoms. The van der Waals surface area contributed by atoms with Gasteiger partial charge in [-0.05, 0) is 32.6 Å². The van der Waals surface area contributed by atoms with Gasteiger partial charge in [-0.25, -0.2) is 0 Å². The topological polar surface area (TPSA) is 64.8 Å². The molecule has 3 unspecified atom stereocenters. The van der Waals surface area contributed by atoms with E-state index in [0.717, 1.165) is 38.9 Å². The van der Waals surface area contributed by atoms with Gasteiger partial charge in [0.05, 0.1) is 12.2 Å². The van der Waals surface area contributed by atoms with Crippen molar-refractivity contribution in [2.24, 2.45) is 5.73 Å². The number of nitrogens with zero attached hydrogens (tertiary/aromatic N) is 1. The summed E-state index contributed by atoms with van der Waals surface area (Å²) >= 11 is 0. The van der Waals surface area contributed by atoms with Crippen molar-refractivity contribution >= 4 is 5.91 Å². The minimum absolute atomic E-state index is 0.0935. The quantitative estimate of drug-likeness (QED) is 0.779. The Morgan fingerprint density at radius 1 is 1.21 bits per heavy atom. The second-order valence-corrected chi connectivity index (χ2v) is 5.75. The molecule has 3 atom stereocenters. The van der Waals surface area contributed by atoms with Gasteiger partial charge in [-0.2, -0.15) is 0 Å². The van der Waals surface area contributed by atoms with Crippen molar-refractivity contribution in [3.05, 3.63) is 0 Å². The highest BCUT2D eigenvalue weighted by Crippen LogP contribution is 2.18. The number of nitrogens with two attached hydrogens (primary N) is 1. The van der Waals surface area contributed by atoms with E-state index in [1.54, 1.807) is 0 Å². The number of rotatable bonds is 6. The highest BCUT2D eigenvalue weighted by molar-refractivity contribution is 5.76. The van der Waals surface area contributed by atoms with Crippen molar-refractivity contribution in [3.63, 3.8) is 0 Å². The van der Waals surface area contributed by atoms with E-state index in [-0.39, 0.29) is 24.2 Å². The Kier molecular flexibility index (Phi) is 5.60. The number of hydrogen-bond donors (Lipinski definition) is 1. The van der Waals surface area contributed by atoms with Crippen molar-refractivity contribution in [2.45, 2.75) is 57.3 Å². The van der Waals surface area contributed by atoms with Gasteiger partial charge >= 0.3 is 0 Å². The first-order chi connectivity index (χ1) is 9.15. The van der Waals surface area contributed by atoms with Gasteiger partial charge in [0.15, 0.2) is 0 Å². The van der Waals surface area contributed by atoms with Crippen LogP contribution in [0, 0.1) is 0 Å². The van der Waals surface area contributed by atoms with Crippen LogP contribution in [0.3, 0.4) is 0 Å². The molecule has 2 N–H and O–H groups in total. The fourth-order valence-corrected chi connectivity index (χ4v) is 2.75. The summed E-state index contributed by atoms with van der Waals surface area (Å²) < 4.78 is 11.3. The van der Waals surface area contributed by atoms with E-state index < -0.39 is 0 Å². The summed E-state index contributed by atoms with van der Waals surface area (Å²) in [6.07, 6.45) is 5.08. The molecule has 110 valence electrons. The summed E-state index contributed by atoms with van der Waals surface area (Å²) in [5.74, 6) is 0.126. The average Bonchev–Trinajstić information content (AvgIpc) is 2.99. The predicted octanol–water partition coefficient (Wildman–Crippen LogP) is 0.910. The first-order valence-electron chi connectivity index (χ1n) is 7.41. The van der Waals surface area contributed by atoms with Gasteiger partial charge in [0.25, 0.3) is 0 Å². The Hall–Kier alpha value is -0.650. The molecule has 0 aromatic carbocycles. The van der Waals surface area contributed by atoms with Crippen LogP contribution in [0.2, 0.25) is 0 Å². The molecular weight excluding hydrogens is 244 g/mol. The maximum atomic E-state index is 12.3. The number of carbonyl (C=O) groups excluding carboxylic acids is 1. The Labute approximate surface area is 115 Å². The minimum atomic E-state index is -0.0935. The van der Waals surface area contributed by atoms with Crippen LogP contribution < -0.4 is 5.73 Å². The van der Waals surface area contributed by atoms with Crippen molar-refractivity contribution in [1.82, 2.24) is 4.90 Å². The highest BCUT2D eigenvalue weighted by Gasteiger charge is 2.26. The number of ether oxygens (including phenoxy) is 2. The Morgan fingerprint density at radius 2 is 1.74 bits per heavy atom. The lowest BCUT2D eigenvalue weighted by Crippen LogP contribution is -2.43. The second-order valence-electron chi connectivity index (χ2n) is 5.75. The van der Waals surface area contributed by atoms with Crippen LogP contribution >= 0.6 is 0 Å². The van der Waals surface area contributed by atoms with E-state index in [2.05, 4.69) is 0 Å². The molecule has 0 radical (unpaired) electrons. The van der Waals surface area contributed by atoms with Crippen LogP contribution in [0.4, 0.5) is 0 Å². The van der Waals surface area contributed by atoms with Crippen LogP contribution in [0.1, 0.15) is 39.0 Å². The third-order valence-electron chi connectivity index (χ3n) is 3.75. The average molecular weight is 270 g/mol. The summed E-state index contributed by atoms with van der Waals surface area (Å²) in [6.45, 7) is 4.88. The van der Waals surface area contributed by atoms with Crippen LogP contribution in [0.5, 0.6) is 0 Å². The highest BCUT2D eigenvalue weighted by atomic mass is 16.5. The molecule has 2 rings (SSSR count). The lowest BCUT2D eigenvalue weighted by atomic mass is 10.1. The first kappa shape index (κ1) is 14.8. The van der Waals surface area contributed by atoms with Gasteiger partial charge in [-0.1, -0.05) is 0 Å². The maximum Gasteiger partial charge on any atom is 0.224 e. The van der Waals surface area contributed by atoms with Gasteiger partial charge < -0.3 is 20.1 Å². The summed E-state index contributed by atoms with van der Waals surface area (Å²) in [7, 11) is 0. The van der Waals surface area contributed by atoms with E-state index in [4.69, 9.17) is 15.2 Å². The summed E-state index contributed by atoms with van der Waals surface area (Å²) in [5.41, 5.74) is 5.74. The molecule has 2 aliphatic heterocycles. The third kappa shape index (κ3) is 4.75. The Bertz CT molecular complexity index is 266. The van der Waals surface area contributed by atoms with E-state index in [1.165, 1.54) is 0 Å². The second kappa shape index (κ2) is 7.22. The lowest BCUT2D eigenvalue weighted by molar-refractivity contribution is -0.134. The zero-order valence-electron chi connectivity index (χ0n) is 11.8. The van der Waals surface area contributed by atoms with E-state index in [1.807, 2.05) is 11.8 Å².